The molecule has 0 unspecified atom stereocenters. The molecule has 4 atom stereocenters. The second-order valence-electron chi connectivity index (χ2n) is 6.21. The fourth-order valence-corrected chi connectivity index (χ4v) is 10.1. The van der Waals surface area contributed by atoms with Crippen molar-refractivity contribution in [1.29, 1.82) is 0 Å². The predicted molar refractivity (Wildman–Crippen MR) is 102 cm³/mol. The second-order valence-corrected chi connectivity index (χ2v) is 11.6. The molecule has 0 amide bonds. The van der Waals surface area contributed by atoms with Gasteiger partial charge in [-0.2, -0.15) is 47.0 Å². The van der Waals surface area contributed by atoms with Crippen molar-refractivity contribution in [3.8, 4) is 0 Å². The highest BCUT2D eigenvalue weighted by atomic mass is 32.2. The fraction of sp³-hybridized carbons (Fsp3) is 1.00. The van der Waals surface area contributed by atoms with Crippen LogP contribution < -0.4 is 0 Å². The Morgan fingerprint density at radius 3 is 1.00 bits per heavy atom. The van der Waals surface area contributed by atoms with Crippen LogP contribution in [0.2, 0.25) is 0 Å². The van der Waals surface area contributed by atoms with Crippen molar-refractivity contribution in [2.24, 2.45) is 0 Å². The van der Waals surface area contributed by atoms with Crippen LogP contribution in [-0.4, -0.2) is 44.0 Å². The van der Waals surface area contributed by atoms with Gasteiger partial charge in [0.05, 0.1) is 0 Å². The van der Waals surface area contributed by atoms with E-state index in [2.05, 4.69) is 47.0 Å². The molecule has 0 bridgehead atoms. The van der Waals surface area contributed by atoms with Crippen LogP contribution in [0.25, 0.3) is 0 Å². The molecule has 0 aromatic heterocycles. The Hall–Kier alpha value is 1.40. The van der Waals surface area contributed by atoms with Gasteiger partial charge in [0.1, 0.15) is 0 Å². The minimum absolute atomic E-state index is 0.986. The molecule has 0 aromatic rings. The van der Waals surface area contributed by atoms with E-state index < -0.39 is 0 Å². The molecule has 0 nitrogen and oxygen atoms in total. The van der Waals surface area contributed by atoms with Crippen molar-refractivity contribution in [3.63, 3.8) is 0 Å². The lowest BCUT2D eigenvalue weighted by atomic mass is 10.4. The SMILES string of the molecule is C1CS[C@H]2CCC[C@@H]2SCCCS[C@@H]2CCC[C@@H]2SC1. The van der Waals surface area contributed by atoms with Gasteiger partial charge in [0.25, 0.3) is 0 Å². The van der Waals surface area contributed by atoms with E-state index in [9.17, 15) is 0 Å². The zero-order valence-corrected chi connectivity index (χ0v) is 15.7. The third-order valence-electron chi connectivity index (χ3n) is 4.69. The maximum atomic E-state index is 2.30. The fourth-order valence-electron chi connectivity index (χ4n) is 3.60. The van der Waals surface area contributed by atoms with E-state index in [1.54, 1.807) is 0 Å². The van der Waals surface area contributed by atoms with Gasteiger partial charge >= 0.3 is 0 Å². The minimum atomic E-state index is 0.986. The molecule has 0 spiro atoms. The average molecular weight is 349 g/mol. The lowest BCUT2D eigenvalue weighted by molar-refractivity contribution is 0.888. The van der Waals surface area contributed by atoms with E-state index in [0.29, 0.717) is 0 Å². The summed E-state index contributed by atoms with van der Waals surface area (Å²) in [6.07, 6.45) is 11.8. The van der Waals surface area contributed by atoms with Crippen molar-refractivity contribution < 1.29 is 0 Å². The van der Waals surface area contributed by atoms with Crippen LogP contribution in [0.15, 0.2) is 0 Å². The van der Waals surface area contributed by atoms with E-state index in [1.165, 1.54) is 74.4 Å². The summed E-state index contributed by atoms with van der Waals surface area (Å²) < 4.78 is 0. The molecule has 20 heavy (non-hydrogen) atoms. The topological polar surface area (TPSA) is 0 Å². The molecule has 0 N–H and O–H groups in total. The largest absolute Gasteiger partial charge is 0.157 e. The predicted octanol–water partition coefficient (Wildman–Crippen LogP) is 5.56. The Morgan fingerprint density at radius 1 is 0.400 bits per heavy atom. The standard InChI is InChI=1S/C16H28S4/c1-5-13-14(6-1)18-10-4-12-20-16-8-2-7-15(16)19-11-3-9-17-13/h13-16H,1-12H2/t13-,14-,15-,16+/m0/s1. The van der Waals surface area contributed by atoms with Crippen molar-refractivity contribution in [2.45, 2.75) is 72.4 Å². The number of fused-ring (bicyclic) bond motifs is 2. The molecule has 4 heteroatoms. The normalized spacial score (nSPS) is 40.8. The molecule has 3 fully saturated rings. The van der Waals surface area contributed by atoms with Crippen molar-refractivity contribution in [3.05, 3.63) is 0 Å². The van der Waals surface area contributed by atoms with Gasteiger partial charge in [0.2, 0.25) is 0 Å². The van der Waals surface area contributed by atoms with Crippen molar-refractivity contribution >= 4 is 47.0 Å². The van der Waals surface area contributed by atoms with E-state index in [-0.39, 0.29) is 0 Å². The highest BCUT2D eigenvalue weighted by Crippen LogP contribution is 2.41. The van der Waals surface area contributed by atoms with Crippen LogP contribution in [0.4, 0.5) is 0 Å². The number of hydrogen-bond donors (Lipinski definition) is 0. The molecular formula is C16H28S4. The second kappa shape index (κ2) is 8.88. The first-order valence-corrected chi connectivity index (χ1v) is 12.6. The van der Waals surface area contributed by atoms with E-state index in [0.717, 1.165) is 21.0 Å². The molecule has 1 heterocycles. The summed E-state index contributed by atoms with van der Waals surface area (Å²) in [5, 5.41) is 3.94. The van der Waals surface area contributed by atoms with Crippen LogP contribution in [-0.2, 0) is 0 Å². The maximum Gasteiger partial charge on any atom is 0.0166 e. The third kappa shape index (κ3) is 4.70. The molecule has 3 rings (SSSR count). The number of rotatable bonds is 0. The maximum absolute atomic E-state index is 2.30. The Labute approximate surface area is 142 Å². The van der Waals surface area contributed by atoms with Crippen LogP contribution in [0.5, 0.6) is 0 Å². The summed E-state index contributed by atoms with van der Waals surface area (Å²) in [7, 11) is 0. The summed E-state index contributed by atoms with van der Waals surface area (Å²) in [6.45, 7) is 0. The summed E-state index contributed by atoms with van der Waals surface area (Å²) in [5.41, 5.74) is 0. The molecule has 0 aromatic carbocycles. The Morgan fingerprint density at radius 2 is 0.700 bits per heavy atom. The zero-order valence-electron chi connectivity index (χ0n) is 12.4. The first kappa shape index (κ1) is 16.3. The first-order valence-electron chi connectivity index (χ1n) is 8.40. The smallest absolute Gasteiger partial charge is 0.0166 e. The Balaban J connectivity index is 1.49. The number of thioether (sulfide) groups is 4. The van der Waals surface area contributed by atoms with Gasteiger partial charge in [0.15, 0.2) is 0 Å². The number of hydrogen-bond acceptors (Lipinski definition) is 4. The molecule has 1 saturated heterocycles. The third-order valence-corrected chi connectivity index (χ3v) is 11.1. The van der Waals surface area contributed by atoms with Gasteiger partial charge in [-0.3, -0.25) is 0 Å². The van der Waals surface area contributed by atoms with Crippen molar-refractivity contribution in [2.75, 3.05) is 23.0 Å². The van der Waals surface area contributed by atoms with Gasteiger partial charge in [-0.25, -0.2) is 0 Å². The van der Waals surface area contributed by atoms with Crippen LogP contribution >= 0.6 is 47.0 Å². The van der Waals surface area contributed by atoms with Crippen LogP contribution in [0, 0.1) is 0 Å². The zero-order chi connectivity index (χ0) is 13.6. The first-order chi connectivity index (χ1) is 9.93. The van der Waals surface area contributed by atoms with Crippen LogP contribution in [0.1, 0.15) is 51.4 Å². The highest BCUT2D eigenvalue weighted by Gasteiger charge is 2.29. The van der Waals surface area contributed by atoms with Crippen molar-refractivity contribution in [1.82, 2.24) is 0 Å². The highest BCUT2D eigenvalue weighted by molar-refractivity contribution is 8.04. The molecule has 2 aliphatic carbocycles. The van der Waals surface area contributed by atoms with Crippen LogP contribution in [0.3, 0.4) is 0 Å². The average Bonchev–Trinajstić information content (AvgIpc) is 3.07. The van der Waals surface area contributed by atoms with Gasteiger partial charge in [0, 0.05) is 21.0 Å². The molecule has 116 valence electrons. The molecule has 1 aliphatic heterocycles. The van der Waals surface area contributed by atoms with Gasteiger partial charge in [-0.05, 0) is 61.5 Å². The molecule has 3 aliphatic rings. The Kier molecular flexibility index (Phi) is 7.22. The minimum Gasteiger partial charge on any atom is -0.157 e. The van der Waals surface area contributed by atoms with Gasteiger partial charge < -0.3 is 0 Å². The van der Waals surface area contributed by atoms with E-state index >= 15 is 0 Å². The summed E-state index contributed by atoms with van der Waals surface area (Å²) in [4.78, 5) is 0. The summed E-state index contributed by atoms with van der Waals surface area (Å²) >= 11 is 9.22. The monoisotopic (exact) mass is 348 g/mol. The molecule has 0 radical (unpaired) electrons. The van der Waals surface area contributed by atoms with Gasteiger partial charge in [-0.15, -0.1) is 0 Å². The summed E-state index contributed by atoms with van der Waals surface area (Å²) in [5.74, 6) is 5.66. The van der Waals surface area contributed by atoms with Gasteiger partial charge in [-0.1, -0.05) is 12.8 Å². The van der Waals surface area contributed by atoms with E-state index in [1.807, 2.05) is 0 Å². The Bertz CT molecular complexity index is 232. The quantitative estimate of drug-likeness (QED) is 0.562. The molecule has 2 saturated carbocycles. The lowest BCUT2D eigenvalue weighted by Crippen LogP contribution is -2.16. The molecular weight excluding hydrogens is 320 g/mol. The van der Waals surface area contributed by atoms with E-state index in [4.69, 9.17) is 0 Å². The lowest BCUT2D eigenvalue weighted by Gasteiger charge is -2.22. The summed E-state index contributed by atoms with van der Waals surface area (Å²) in [6, 6.07) is 0.